The summed E-state index contributed by atoms with van der Waals surface area (Å²) in [6.45, 7) is 2.51. The van der Waals surface area contributed by atoms with Crippen molar-refractivity contribution in [3.8, 4) is 11.8 Å². The zero-order chi connectivity index (χ0) is 23.5. The molecule has 2 aromatic heterocycles. The molecule has 0 saturated heterocycles. The van der Waals surface area contributed by atoms with Crippen molar-refractivity contribution in [1.29, 1.82) is 0 Å². The van der Waals surface area contributed by atoms with Gasteiger partial charge in [0.1, 0.15) is 5.65 Å². The Morgan fingerprint density at radius 3 is 2.88 bits per heavy atom. The van der Waals surface area contributed by atoms with Gasteiger partial charge in [0.2, 0.25) is 11.7 Å². The minimum atomic E-state index is -1.37. The maximum absolute atomic E-state index is 12.8. The number of pyridine rings is 1. The van der Waals surface area contributed by atoms with Crippen LogP contribution in [0.1, 0.15) is 16.7 Å². The second-order valence-electron chi connectivity index (χ2n) is 7.79. The SMILES string of the molecule is Cc1cc(C#CCN(C)C)ccc1NC1=C(C(=O)O)C(=O)/C(=C/c2c[nH]c3ncccc23)O1. The lowest BCUT2D eigenvalue weighted by molar-refractivity contribution is -0.134. The molecule has 1 aromatic carbocycles. The number of carbonyl (C=O) groups excluding carboxylic acids is 1. The van der Waals surface area contributed by atoms with Crippen LogP contribution in [0.3, 0.4) is 0 Å². The highest BCUT2D eigenvalue weighted by Gasteiger charge is 2.36. The van der Waals surface area contributed by atoms with Crippen LogP contribution in [0.4, 0.5) is 5.69 Å². The van der Waals surface area contributed by atoms with Crippen LogP contribution in [-0.4, -0.2) is 52.4 Å². The number of aromatic nitrogens is 2. The summed E-state index contributed by atoms with van der Waals surface area (Å²) in [6, 6.07) is 9.12. The number of fused-ring (bicyclic) bond motifs is 1. The molecule has 3 aromatic rings. The third kappa shape index (κ3) is 4.63. The first-order valence-corrected chi connectivity index (χ1v) is 10.2. The Bertz CT molecular complexity index is 1390. The van der Waals surface area contributed by atoms with E-state index in [1.807, 2.05) is 44.1 Å². The summed E-state index contributed by atoms with van der Waals surface area (Å²) in [5, 5.41) is 13.4. The molecule has 3 N–H and O–H groups in total. The first-order chi connectivity index (χ1) is 15.8. The van der Waals surface area contributed by atoms with Crippen molar-refractivity contribution in [2.24, 2.45) is 0 Å². The van der Waals surface area contributed by atoms with Crippen molar-refractivity contribution in [1.82, 2.24) is 14.9 Å². The monoisotopic (exact) mass is 442 g/mol. The number of Topliss-reactive ketones (excluding diaryl/α,β-unsaturated/α-hetero) is 1. The van der Waals surface area contributed by atoms with Crippen molar-refractivity contribution in [2.45, 2.75) is 6.92 Å². The number of carbonyl (C=O) groups is 2. The van der Waals surface area contributed by atoms with Gasteiger partial charge in [-0.2, -0.15) is 0 Å². The molecular formula is C25H22N4O4. The summed E-state index contributed by atoms with van der Waals surface area (Å²) in [4.78, 5) is 33.8. The van der Waals surface area contributed by atoms with Gasteiger partial charge in [-0.25, -0.2) is 9.78 Å². The van der Waals surface area contributed by atoms with Crippen molar-refractivity contribution >= 4 is 34.5 Å². The molecule has 0 bridgehead atoms. The minimum Gasteiger partial charge on any atom is -0.477 e. The summed E-state index contributed by atoms with van der Waals surface area (Å²) in [5.41, 5.74) is 3.17. The minimum absolute atomic E-state index is 0.0801. The molecule has 0 unspecified atom stereocenters. The molecule has 0 spiro atoms. The fraction of sp³-hybridized carbons (Fsp3) is 0.160. The molecule has 166 valence electrons. The number of benzene rings is 1. The van der Waals surface area contributed by atoms with E-state index < -0.39 is 17.3 Å². The van der Waals surface area contributed by atoms with Gasteiger partial charge in [0.05, 0.1) is 6.54 Å². The molecule has 0 amide bonds. The number of H-pyrrole nitrogens is 1. The van der Waals surface area contributed by atoms with Crippen molar-refractivity contribution in [3.63, 3.8) is 0 Å². The number of aromatic amines is 1. The van der Waals surface area contributed by atoms with Gasteiger partial charge in [-0.1, -0.05) is 11.8 Å². The highest BCUT2D eigenvalue weighted by Crippen LogP contribution is 2.30. The Labute approximate surface area is 190 Å². The van der Waals surface area contributed by atoms with Crippen molar-refractivity contribution in [3.05, 3.63) is 76.6 Å². The predicted octanol–water partition coefficient (Wildman–Crippen LogP) is 3.13. The van der Waals surface area contributed by atoms with Crippen LogP contribution in [0.2, 0.25) is 0 Å². The molecule has 8 nitrogen and oxygen atoms in total. The van der Waals surface area contributed by atoms with E-state index >= 15 is 0 Å². The van der Waals surface area contributed by atoms with E-state index in [2.05, 4.69) is 27.1 Å². The molecule has 8 heteroatoms. The molecule has 0 aliphatic carbocycles. The number of aliphatic carboxylic acids is 1. The molecule has 4 rings (SSSR count). The number of ketones is 1. The number of aryl methyl sites for hydroxylation is 1. The molecule has 0 radical (unpaired) electrons. The number of carboxylic acids is 1. The third-order valence-corrected chi connectivity index (χ3v) is 4.98. The van der Waals surface area contributed by atoms with Crippen LogP contribution in [0.15, 0.2) is 59.9 Å². The fourth-order valence-corrected chi connectivity index (χ4v) is 3.35. The lowest BCUT2D eigenvalue weighted by Gasteiger charge is -2.11. The zero-order valence-corrected chi connectivity index (χ0v) is 18.4. The molecule has 0 fully saturated rings. The van der Waals surface area contributed by atoms with Gasteiger partial charge in [-0.15, -0.1) is 0 Å². The van der Waals surface area contributed by atoms with Gasteiger partial charge >= 0.3 is 5.97 Å². The smallest absolute Gasteiger partial charge is 0.345 e. The molecule has 0 atom stereocenters. The van der Waals surface area contributed by atoms with Gasteiger partial charge in [0.25, 0.3) is 0 Å². The number of rotatable bonds is 5. The van der Waals surface area contributed by atoms with E-state index in [0.29, 0.717) is 23.4 Å². The molecule has 3 heterocycles. The maximum Gasteiger partial charge on any atom is 0.345 e. The number of hydrogen-bond donors (Lipinski definition) is 3. The quantitative estimate of drug-likeness (QED) is 0.317. The first-order valence-electron chi connectivity index (χ1n) is 10.2. The Morgan fingerprint density at radius 1 is 1.33 bits per heavy atom. The van der Waals surface area contributed by atoms with E-state index in [-0.39, 0.29) is 11.6 Å². The zero-order valence-electron chi connectivity index (χ0n) is 18.4. The summed E-state index contributed by atoms with van der Waals surface area (Å²) in [5.74, 6) is 3.90. The number of hydrogen-bond acceptors (Lipinski definition) is 6. The average Bonchev–Trinajstić information content (AvgIpc) is 3.31. The van der Waals surface area contributed by atoms with Crippen LogP contribution in [0.5, 0.6) is 0 Å². The number of carboxylic acid groups (broad SMARTS) is 1. The van der Waals surface area contributed by atoms with Gasteiger partial charge in [-0.05, 0) is 63.0 Å². The van der Waals surface area contributed by atoms with E-state index in [1.165, 1.54) is 6.08 Å². The van der Waals surface area contributed by atoms with Crippen LogP contribution in [0.25, 0.3) is 17.1 Å². The van der Waals surface area contributed by atoms with Crippen LogP contribution < -0.4 is 5.32 Å². The molecule has 0 saturated carbocycles. The second-order valence-corrected chi connectivity index (χ2v) is 7.79. The Kier molecular flexibility index (Phi) is 5.98. The Balaban J connectivity index is 1.61. The third-order valence-electron chi connectivity index (χ3n) is 4.98. The van der Waals surface area contributed by atoms with Gasteiger partial charge in [0.15, 0.2) is 11.3 Å². The summed E-state index contributed by atoms with van der Waals surface area (Å²) < 4.78 is 5.68. The average molecular weight is 442 g/mol. The van der Waals surface area contributed by atoms with Crippen LogP contribution in [-0.2, 0) is 14.3 Å². The number of ether oxygens (including phenoxy) is 1. The normalized spacial score (nSPS) is 14.5. The Morgan fingerprint density at radius 2 is 2.15 bits per heavy atom. The van der Waals surface area contributed by atoms with Crippen LogP contribution in [0, 0.1) is 18.8 Å². The van der Waals surface area contributed by atoms with E-state index in [9.17, 15) is 14.7 Å². The van der Waals surface area contributed by atoms with Crippen LogP contribution >= 0.6 is 0 Å². The first kappa shape index (κ1) is 21.9. The largest absolute Gasteiger partial charge is 0.477 e. The molecule has 1 aliphatic heterocycles. The number of nitrogens with zero attached hydrogens (tertiary/aromatic N) is 2. The van der Waals surface area contributed by atoms with Crippen molar-refractivity contribution < 1.29 is 19.4 Å². The topological polar surface area (TPSA) is 108 Å². The maximum atomic E-state index is 12.8. The highest BCUT2D eigenvalue weighted by molar-refractivity contribution is 6.26. The van der Waals surface area contributed by atoms with Crippen molar-refractivity contribution in [2.75, 3.05) is 26.0 Å². The molecular weight excluding hydrogens is 420 g/mol. The second kappa shape index (κ2) is 9.02. The summed E-state index contributed by atoms with van der Waals surface area (Å²) >= 11 is 0. The van der Waals surface area contributed by atoms with Gasteiger partial charge in [-0.3, -0.25) is 9.69 Å². The summed E-state index contributed by atoms with van der Waals surface area (Å²) in [7, 11) is 3.89. The Hall–Kier alpha value is -4.35. The number of allylic oxidation sites excluding steroid dienone is 1. The van der Waals surface area contributed by atoms with E-state index in [1.54, 1.807) is 24.5 Å². The van der Waals surface area contributed by atoms with Gasteiger partial charge in [0, 0.05) is 34.6 Å². The summed E-state index contributed by atoms with van der Waals surface area (Å²) in [6.07, 6.45) is 4.85. The standard InChI is InChI=1S/C25H22N4O4/c1-15-12-16(6-5-11-29(2)3)8-9-19(15)28-24-21(25(31)32)22(30)20(33-24)13-17-14-27-23-18(17)7-4-10-26-23/h4,7-10,12-14,28H,11H2,1-3H3,(H,26,27)(H,31,32)/b20-13-. The predicted molar refractivity (Wildman–Crippen MR) is 125 cm³/mol. The number of anilines is 1. The highest BCUT2D eigenvalue weighted by atomic mass is 16.5. The van der Waals surface area contributed by atoms with Gasteiger partial charge < -0.3 is 20.1 Å². The fourth-order valence-electron chi connectivity index (χ4n) is 3.35. The molecule has 1 aliphatic rings. The van der Waals surface area contributed by atoms with E-state index in [4.69, 9.17) is 4.74 Å². The lowest BCUT2D eigenvalue weighted by Crippen LogP contribution is -2.12. The molecule has 33 heavy (non-hydrogen) atoms. The number of nitrogens with one attached hydrogen (secondary N) is 2. The lowest BCUT2D eigenvalue weighted by atomic mass is 10.1. The van der Waals surface area contributed by atoms with E-state index in [0.717, 1.165) is 16.5 Å².